The van der Waals surface area contributed by atoms with E-state index in [1.165, 1.54) is 11.3 Å². The van der Waals surface area contributed by atoms with Crippen molar-refractivity contribution in [2.75, 3.05) is 18.5 Å². The van der Waals surface area contributed by atoms with Gasteiger partial charge in [-0.05, 0) is 66.3 Å². The molecular weight excluding hydrogens is 571 g/mol. The highest BCUT2D eigenvalue weighted by molar-refractivity contribution is 7.87. The monoisotopic (exact) mass is 601 g/mol. The number of hydrogen-bond donors (Lipinski definition) is 1. The third kappa shape index (κ3) is 10.2. The number of aliphatic imine (C=N–C) groups is 1. The Morgan fingerprint density at radius 2 is 1.67 bits per heavy atom. The summed E-state index contributed by atoms with van der Waals surface area (Å²) in [6.45, 7) is 11.8. The third-order valence-electron chi connectivity index (χ3n) is 5.37. The molecule has 0 bridgehead atoms. The molecular formula is C35H31N5OS2. The highest BCUT2D eigenvalue weighted by atomic mass is 32.2. The lowest BCUT2D eigenvalue weighted by atomic mass is 10.0. The number of rotatable bonds is 6. The van der Waals surface area contributed by atoms with Crippen molar-refractivity contribution in [2.24, 2.45) is 12.0 Å². The molecule has 43 heavy (non-hydrogen) atoms. The van der Waals surface area contributed by atoms with Crippen LogP contribution in [0.5, 0.6) is 0 Å². The number of benzene rings is 1. The number of aromatic nitrogens is 3. The minimum Gasteiger partial charge on any atom is -0.396 e. The van der Waals surface area contributed by atoms with Gasteiger partial charge in [0.25, 0.3) is 0 Å². The van der Waals surface area contributed by atoms with E-state index in [0.717, 1.165) is 49.9 Å². The predicted octanol–water partition coefficient (Wildman–Crippen LogP) is 7.52. The van der Waals surface area contributed by atoms with E-state index in [4.69, 9.17) is 10.7 Å². The summed E-state index contributed by atoms with van der Waals surface area (Å²) >= 11 is 1.44. The van der Waals surface area contributed by atoms with E-state index in [1.54, 1.807) is 13.2 Å². The van der Waals surface area contributed by atoms with Gasteiger partial charge < -0.3 is 10.3 Å². The molecule has 0 aliphatic carbocycles. The molecule has 214 valence electrons. The van der Waals surface area contributed by atoms with Crippen molar-refractivity contribution >= 4 is 43.9 Å². The number of pyridine rings is 1. The van der Waals surface area contributed by atoms with Crippen LogP contribution in [-0.2, 0) is 17.8 Å². The molecule has 1 aromatic carbocycles. The molecule has 3 aromatic heterocycles. The summed E-state index contributed by atoms with van der Waals surface area (Å²) in [5.74, 6) is 3.83. The Kier molecular flexibility index (Phi) is 14.9. The van der Waals surface area contributed by atoms with E-state index in [0.29, 0.717) is 11.4 Å². The van der Waals surface area contributed by atoms with Gasteiger partial charge in [0.15, 0.2) is 5.82 Å². The Hall–Kier alpha value is -5.30. The summed E-state index contributed by atoms with van der Waals surface area (Å²) in [5, 5.41) is 0.883. The topological polar surface area (TPSA) is 86.2 Å². The lowest BCUT2D eigenvalue weighted by Crippen LogP contribution is -1.99. The molecule has 0 aliphatic heterocycles. The largest absolute Gasteiger partial charge is 0.396 e. The Labute approximate surface area is 259 Å². The van der Waals surface area contributed by atoms with Gasteiger partial charge in [0.2, 0.25) is 0 Å². The fourth-order valence-electron chi connectivity index (χ4n) is 3.49. The zero-order valence-electron chi connectivity index (χ0n) is 24.5. The van der Waals surface area contributed by atoms with E-state index in [9.17, 15) is 4.21 Å². The lowest BCUT2D eigenvalue weighted by molar-refractivity contribution is 0.681. The summed E-state index contributed by atoms with van der Waals surface area (Å²) in [6, 6.07) is 12.1. The zero-order valence-corrected chi connectivity index (χ0v) is 26.1. The van der Waals surface area contributed by atoms with Crippen LogP contribution in [0.2, 0.25) is 0 Å². The van der Waals surface area contributed by atoms with E-state index < -0.39 is 10.8 Å². The summed E-state index contributed by atoms with van der Waals surface area (Å²) < 4.78 is 15.5. The van der Waals surface area contributed by atoms with Gasteiger partial charge in [0.1, 0.15) is 14.7 Å². The van der Waals surface area contributed by atoms with Gasteiger partial charge in [-0.3, -0.25) is 4.21 Å². The molecule has 0 amide bonds. The minimum absolute atomic E-state index is 0.590. The first kappa shape index (κ1) is 33.9. The number of unbranched alkanes of at least 4 members (excludes halogenated alkanes) is 1. The average molecular weight is 602 g/mol. The molecule has 0 saturated heterocycles. The smallest absolute Gasteiger partial charge is 0.158 e. The molecule has 1 atom stereocenters. The van der Waals surface area contributed by atoms with Gasteiger partial charge in [0.05, 0.1) is 16.5 Å². The van der Waals surface area contributed by atoms with E-state index >= 15 is 0 Å². The van der Waals surface area contributed by atoms with Crippen molar-refractivity contribution in [3.63, 3.8) is 0 Å². The van der Waals surface area contributed by atoms with Crippen LogP contribution in [0.25, 0.3) is 32.9 Å². The van der Waals surface area contributed by atoms with Crippen LogP contribution in [0.1, 0.15) is 19.8 Å². The zero-order chi connectivity index (χ0) is 31.5. The van der Waals surface area contributed by atoms with Crippen molar-refractivity contribution in [3.8, 4) is 22.6 Å². The Balaban J connectivity index is 0.000000357. The van der Waals surface area contributed by atoms with Gasteiger partial charge in [-0.25, -0.2) is 15.0 Å². The van der Waals surface area contributed by atoms with Gasteiger partial charge in [-0.2, -0.15) is 0 Å². The number of imidazole rings is 1. The third-order valence-corrected chi connectivity index (χ3v) is 8.37. The van der Waals surface area contributed by atoms with Gasteiger partial charge in [-0.1, -0.05) is 60.9 Å². The molecule has 2 N–H and O–H groups in total. The van der Waals surface area contributed by atoms with Crippen LogP contribution in [0.15, 0.2) is 129 Å². The number of nitrogens with two attached hydrogens (primary N) is 1. The first-order chi connectivity index (χ1) is 20.9. The normalized spacial score (nSPS) is 9.47. The lowest BCUT2D eigenvalue weighted by Gasteiger charge is -2.08. The van der Waals surface area contributed by atoms with Gasteiger partial charge in [-0.15, -0.1) is 11.3 Å². The van der Waals surface area contributed by atoms with Crippen LogP contribution in [0, 0.1) is 0 Å². The van der Waals surface area contributed by atoms with Crippen molar-refractivity contribution in [3.05, 3.63) is 120 Å². The maximum atomic E-state index is 12.8. The number of thiophene rings is 1. The molecule has 0 aliphatic rings. The van der Waals surface area contributed by atoms with Crippen molar-refractivity contribution < 1.29 is 4.21 Å². The maximum Gasteiger partial charge on any atom is 0.158 e. The quantitative estimate of drug-likeness (QED) is 0.183. The number of nitrogens with zero attached hydrogens (tertiary/aromatic N) is 4. The molecule has 3 heterocycles. The number of anilines is 1. The van der Waals surface area contributed by atoms with E-state index in [-0.39, 0.29) is 0 Å². The Bertz CT molecular complexity index is 1950. The number of fused-ring (bicyclic) bond motifs is 1. The predicted molar refractivity (Wildman–Crippen MR) is 180 cm³/mol. The second-order valence-corrected chi connectivity index (χ2v) is 11.1. The molecule has 0 spiro atoms. The van der Waals surface area contributed by atoms with Crippen LogP contribution in [-0.4, -0.2) is 37.4 Å². The fourth-order valence-corrected chi connectivity index (χ4v) is 6.28. The number of nitrogen functional groups attached to an aromatic ring is 1. The molecule has 6 nitrogen and oxygen atoms in total. The number of aryl methyl sites for hydroxylation is 1. The van der Waals surface area contributed by atoms with Crippen LogP contribution in [0.3, 0.4) is 0 Å². The molecule has 8 heteroatoms. The first-order valence-corrected chi connectivity index (χ1v) is 15.1. The number of hydrogen-bond acceptors (Lipinski definition) is 6. The highest BCUT2D eigenvalue weighted by Gasteiger charge is 2.21. The Morgan fingerprint density at radius 1 is 1.02 bits per heavy atom. The van der Waals surface area contributed by atoms with Crippen LogP contribution < -0.4 is 5.73 Å². The summed E-state index contributed by atoms with van der Waals surface area (Å²) in [7, 11) is 2.45. The van der Waals surface area contributed by atoms with Crippen molar-refractivity contribution in [2.45, 2.75) is 24.0 Å². The van der Waals surface area contributed by atoms with Gasteiger partial charge in [0, 0.05) is 55.0 Å². The minimum atomic E-state index is -1.11. The van der Waals surface area contributed by atoms with Crippen LogP contribution >= 0.6 is 11.3 Å². The summed E-state index contributed by atoms with van der Waals surface area (Å²) in [6.07, 6.45) is 5.58. The molecule has 0 saturated carbocycles. The standard InChI is InChI=1S/C21H22N4OS2.C7H5N.C7H4/c1-3-4-12-28(26)21-18(22)17-15(14-8-6-5-7-9-14)13-16(24-20(17)27-21)19-23-10-11-25(19)2;1-3-4-5-6-7-8-2;1-3-5-7-6-4-2/h5-11,13H,3-4,12,22H2,1-2H3;1H2,2H3;1-2H2. The molecule has 1 unspecified atom stereocenters. The van der Waals surface area contributed by atoms with E-state index in [2.05, 4.69) is 106 Å². The maximum absolute atomic E-state index is 12.8. The molecule has 0 radical (unpaired) electrons. The second kappa shape index (κ2) is 18.9. The SMILES string of the molecule is C=C=C=C=C=C=C.C=C=C=C=C=C=NC.CCCCS(=O)c1sc2nc(-c3nccn3C)cc(-c3ccccc3)c2c1N. The molecule has 4 aromatic rings. The average Bonchev–Trinajstić information content (AvgIpc) is 3.61. The van der Waals surface area contributed by atoms with Crippen LogP contribution in [0.4, 0.5) is 5.69 Å². The Morgan fingerprint density at radius 3 is 2.23 bits per heavy atom. The fraction of sp³-hybridized carbons (Fsp3) is 0.171. The molecule has 0 fully saturated rings. The van der Waals surface area contributed by atoms with Crippen molar-refractivity contribution in [1.82, 2.24) is 14.5 Å². The van der Waals surface area contributed by atoms with E-state index in [1.807, 2.05) is 42.1 Å². The van der Waals surface area contributed by atoms with Crippen molar-refractivity contribution in [1.29, 1.82) is 0 Å². The first-order valence-electron chi connectivity index (χ1n) is 13.0. The van der Waals surface area contributed by atoms with Gasteiger partial charge >= 0.3 is 0 Å². The molecule has 4 rings (SSSR count). The second-order valence-electron chi connectivity index (χ2n) is 8.29. The summed E-state index contributed by atoms with van der Waals surface area (Å²) in [4.78, 5) is 13.6. The highest BCUT2D eigenvalue weighted by Crippen LogP contribution is 2.42. The summed E-state index contributed by atoms with van der Waals surface area (Å²) in [5.41, 5.74) is 31.7.